The molecule has 0 atom stereocenters. The Morgan fingerprint density at radius 3 is 1.22 bits per heavy atom. The first-order chi connectivity index (χ1) is 31.6. The Morgan fingerprint density at radius 1 is 0.266 bits per heavy atom. The summed E-state index contributed by atoms with van der Waals surface area (Å²) in [5.41, 5.74) is 15.7. The highest BCUT2D eigenvalue weighted by atomic mass is 15.0. The zero-order valence-electron chi connectivity index (χ0n) is 35.5. The van der Waals surface area contributed by atoms with Crippen LogP contribution >= 0.6 is 0 Å². The summed E-state index contributed by atoms with van der Waals surface area (Å²) in [6.45, 7) is 2.19. The van der Waals surface area contributed by atoms with Crippen molar-refractivity contribution < 1.29 is 0 Å². The number of aromatic nitrogens is 3. The smallest absolute Gasteiger partial charge is 0.164 e. The molecule has 0 unspecified atom stereocenters. The molecule has 302 valence electrons. The Labute approximate surface area is 374 Å². The molecular formula is C61H43N3. The van der Waals surface area contributed by atoms with Crippen molar-refractivity contribution in [3.63, 3.8) is 0 Å². The van der Waals surface area contributed by atoms with Crippen LogP contribution in [0.1, 0.15) is 12.5 Å². The molecule has 0 N–H and O–H groups in total. The number of rotatable bonds is 9. The summed E-state index contributed by atoms with van der Waals surface area (Å²) in [6.07, 6.45) is 1.02. The second-order valence-corrected chi connectivity index (χ2v) is 16.3. The number of benzene rings is 10. The van der Waals surface area contributed by atoms with E-state index in [9.17, 15) is 0 Å². The molecule has 0 aliphatic heterocycles. The SMILES string of the molecule is CCc1ccc(-c2cccc(-c3cccc(-c4nc(-c5ccc(-c6cccc(-c7ccccc7)c6)cc5)nc(-c5cccc(-c6cc7ccccc7c7ccccc67)c5)n4)c3)c2)cc1. The molecule has 64 heavy (non-hydrogen) atoms. The molecule has 11 rings (SSSR count). The minimum absolute atomic E-state index is 0.620. The third-order valence-corrected chi connectivity index (χ3v) is 12.3. The van der Waals surface area contributed by atoms with Crippen LogP contribution in [0.15, 0.2) is 231 Å². The summed E-state index contributed by atoms with van der Waals surface area (Å²) in [5, 5.41) is 4.91. The Kier molecular flexibility index (Phi) is 10.2. The normalized spacial score (nSPS) is 11.3. The van der Waals surface area contributed by atoms with Gasteiger partial charge in [0.25, 0.3) is 0 Å². The van der Waals surface area contributed by atoms with E-state index in [0.717, 1.165) is 50.9 Å². The monoisotopic (exact) mass is 817 g/mol. The standard InChI is InChI=1S/C61H43N3/c1-2-41-28-30-43(31-29-41)48-19-11-20-49(37-48)50-21-12-23-53(38-50)60-62-59(45-34-32-44(33-35-45)47-18-10-17-46(36-47)42-14-4-3-5-15-42)63-61(64-60)54-24-13-22-51(39-54)58-40-52-16-6-7-25-55(52)56-26-8-9-27-57(56)58/h3-40H,2H2,1H3. The predicted octanol–water partition coefficient (Wildman–Crippen LogP) is 16.1. The lowest BCUT2D eigenvalue weighted by molar-refractivity contribution is 1.07. The average molecular weight is 818 g/mol. The van der Waals surface area contributed by atoms with E-state index in [0.29, 0.717) is 17.5 Å². The molecule has 0 fully saturated rings. The largest absolute Gasteiger partial charge is 0.208 e. The average Bonchev–Trinajstić information content (AvgIpc) is 3.39. The van der Waals surface area contributed by atoms with Crippen molar-refractivity contribution in [2.75, 3.05) is 0 Å². The minimum atomic E-state index is 0.620. The van der Waals surface area contributed by atoms with Crippen LogP contribution in [0.4, 0.5) is 0 Å². The van der Waals surface area contributed by atoms with Gasteiger partial charge in [0.05, 0.1) is 0 Å². The highest BCUT2D eigenvalue weighted by Gasteiger charge is 2.16. The molecule has 1 heterocycles. The van der Waals surface area contributed by atoms with Crippen molar-refractivity contribution in [2.45, 2.75) is 13.3 Å². The van der Waals surface area contributed by atoms with E-state index < -0.39 is 0 Å². The third kappa shape index (κ3) is 7.65. The first-order valence-electron chi connectivity index (χ1n) is 22.0. The van der Waals surface area contributed by atoms with Crippen molar-refractivity contribution >= 4 is 21.5 Å². The van der Waals surface area contributed by atoms with E-state index in [1.807, 2.05) is 0 Å². The van der Waals surface area contributed by atoms with Gasteiger partial charge < -0.3 is 0 Å². The van der Waals surface area contributed by atoms with Gasteiger partial charge in [-0.3, -0.25) is 0 Å². The molecule has 0 saturated carbocycles. The quantitative estimate of drug-likeness (QED) is 0.136. The van der Waals surface area contributed by atoms with Crippen molar-refractivity contribution in [1.29, 1.82) is 0 Å². The molecule has 3 nitrogen and oxygen atoms in total. The van der Waals surface area contributed by atoms with Crippen LogP contribution in [-0.2, 0) is 6.42 Å². The first kappa shape index (κ1) is 38.6. The second-order valence-electron chi connectivity index (χ2n) is 16.3. The summed E-state index contributed by atoms with van der Waals surface area (Å²) >= 11 is 0. The van der Waals surface area contributed by atoms with Crippen LogP contribution in [0, 0.1) is 0 Å². The van der Waals surface area contributed by atoms with Gasteiger partial charge in [-0.1, -0.05) is 207 Å². The summed E-state index contributed by atoms with van der Waals surface area (Å²) < 4.78 is 0. The maximum absolute atomic E-state index is 5.24. The van der Waals surface area contributed by atoms with Gasteiger partial charge in [-0.25, -0.2) is 15.0 Å². The van der Waals surface area contributed by atoms with Gasteiger partial charge in [-0.15, -0.1) is 0 Å². The summed E-state index contributed by atoms with van der Waals surface area (Å²) in [7, 11) is 0. The van der Waals surface area contributed by atoms with E-state index in [1.165, 1.54) is 54.9 Å². The third-order valence-electron chi connectivity index (χ3n) is 12.3. The molecule has 10 aromatic carbocycles. The van der Waals surface area contributed by atoms with Crippen LogP contribution in [0.3, 0.4) is 0 Å². The molecule has 0 aliphatic carbocycles. The zero-order valence-corrected chi connectivity index (χ0v) is 35.5. The van der Waals surface area contributed by atoms with E-state index in [1.54, 1.807) is 0 Å². The van der Waals surface area contributed by atoms with E-state index in [-0.39, 0.29) is 0 Å². The van der Waals surface area contributed by atoms with Gasteiger partial charge in [0.1, 0.15) is 0 Å². The van der Waals surface area contributed by atoms with Crippen LogP contribution < -0.4 is 0 Å². The Bertz CT molecular complexity index is 3460. The summed E-state index contributed by atoms with van der Waals surface area (Å²) in [5.74, 6) is 1.86. The van der Waals surface area contributed by atoms with Gasteiger partial charge in [-0.2, -0.15) is 0 Å². The number of hydrogen-bond donors (Lipinski definition) is 0. The molecule has 11 aromatic rings. The maximum Gasteiger partial charge on any atom is 0.164 e. The lowest BCUT2D eigenvalue weighted by Gasteiger charge is -2.13. The van der Waals surface area contributed by atoms with Crippen LogP contribution in [-0.4, -0.2) is 15.0 Å². The van der Waals surface area contributed by atoms with Gasteiger partial charge in [0.2, 0.25) is 0 Å². The van der Waals surface area contributed by atoms with Crippen LogP contribution in [0.25, 0.3) is 111 Å². The predicted molar refractivity (Wildman–Crippen MR) is 268 cm³/mol. The van der Waals surface area contributed by atoms with E-state index in [2.05, 4.69) is 237 Å². The molecule has 0 spiro atoms. The Balaban J connectivity index is 1.01. The van der Waals surface area contributed by atoms with Gasteiger partial charge in [0.15, 0.2) is 17.5 Å². The van der Waals surface area contributed by atoms with Crippen molar-refractivity contribution in [3.05, 3.63) is 236 Å². The highest BCUT2D eigenvalue weighted by Crippen LogP contribution is 2.37. The number of fused-ring (bicyclic) bond motifs is 3. The first-order valence-corrected chi connectivity index (χ1v) is 22.0. The molecule has 0 aliphatic rings. The van der Waals surface area contributed by atoms with Gasteiger partial charge >= 0.3 is 0 Å². The van der Waals surface area contributed by atoms with E-state index in [4.69, 9.17) is 15.0 Å². The molecule has 3 heteroatoms. The van der Waals surface area contributed by atoms with E-state index >= 15 is 0 Å². The second kappa shape index (κ2) is 16.9. The zero-order chi connectivity index (χ0) is 42.8. The lowest BCUT2D eigenvalue weighted by atomic mass is 9.92. The Morgan fingerprint density at radius 2 is 0.641 bits per heavy atom. The molecule has 0 saturated heterocycles. The fourth-order valence-corrected chi connectivity index (χ4v) is 8.85. The number of aryl methyl sites for hydroxylation is 1. The number of hydrogen-bond acceptors (Lipinski definition) is 3. The topological polar surface area (TPSA) is 38.7 Å². The molecule has 0 radical (unpaired) electrons. The Hall–Kier alpha value is -8.27. The minimum Gasteiger partial charge on any atom is -0.208 e. The molecule has 0 amide bonds. The molecule has 1 aromatic heterocycles. The van der Waals surface area contributed by atoms with Gasteiger partial charge in [-0.05, 0) is 119 Å². The van der Waals surface area contributed by atoms with Crippen LogP contribution in [0.2, 0.25) is 0 Å². The van der Waals surface area contributed by atoms with Gasteiger partial charge in [0, 0.05) is 16.7 Å². The molecular weight excluding hydrogens is 775 g/mol. The highest BCUT2D eigenvalue weighted by molar-refractivity contribution is 6.13. The fraction of sp³-hybridized carbons (Fsp3) is 0.0328. The number of nitrogens with zero attached hydrogens (tertiary/aromatic N) is 3. The molecule has 0 bridgehead atoms. The van der Waals surface area contributed by atoms with Crippen molar-refractivity contribution in [1.82, 2.24) is 15.0 Å². The lowest BCUT2D eigenvalue weighted by Crippen LogP contribution is -2.00. The van der Waals surface area contributed by atoms with Crippen molar-refractivity contribution in [3.8, 4) is 89.8 Å². The maximum atomic E-state index is 5.24. The summed E-state index contributed by atoms with van der Waals surface area (Å²) in [6, 6.07) is 82.2. The van der Waals surface area contributed by atoms with Crippen molar-refractivity contribution in [2.24, 2.45) is 0 Å². The summed E-state index contributed by atoms with van der Waals surface area (Å²) in [4.78, 5) is 15.7. The fourth-order valence-electron chi connectivity index (χ4n) is 8.85. The van der Waals surface area contributed by atoms with Crippen LogP contribution in [0.5, 0.6) is 0 Å².